The summed E-state index contributed by atoms with van der Waals surface area (Å²) in [5.41, 5.74) is 2.26. The number of nitrogens with zero attached hydrogens (tertiary/aromatic N) is 2. The van der Waals surface area contributed by atoms with Gasteiger partial charge in [0.2, 0.25) is 0 Å². The highest BCUT2D eigenvalue weighted by atomic mass is 32.1. The van der Waals surface area contributed by atoms with Crippen LogP contribution in [-0.2, 0) is 6.54 Å². The molecule has 4 nitrogen and oxygen atoms in total. The number of thiocarbonyl (C=S) groups is 1. The molecule has 0 radical (unpaired) electrons. The second-order valence-electron chi connectivity index (χ2n) is 7.37. The smallest absolute Gasteiger partial charge is 0.174 e. The number of rotatable bonds is 5. The van der Waals surface area contributed by atoms with Crippen molar-refractivity contribution in [2.75, 3.05) is 18.4 Å². The Hall–Kier alpha value is -1.85. The zero-order chi connectivity index (χ0) is 18.5. The summed E-state index contributed by atoms with van der Waals surface area (Å²) in [4.78, 5) is 4.84. The minimum absolute atomic E-state index is 0.430. The maximum Gasteiger partial charge on any atom is 0.174 e. The molecule has 1 aliphatic heterocycles. The fraction of sp³-hybridized carbons (Fsp3) is 0.476. The molecule has 0 bridgehead atoms. The molecule has 1 aromatic carbocycles. The zero-order valence-electron chi connectivity index (χ0n) is 15.9. The van der Waals surface area contributed by atoms with Crippen LogP contribution in [-0.4, -0.2) is 40.1 Å². The number of furan rings is 1. The van der Waals surface area contributed by atoms with Gasteiger partial charge in [-0.2, -0.15) is 0 Å². The van der Waals surface area contributed by atoms with Gasteiger partial charge in [0.15, 0.2) is 5.11 Å². The summed E-state index contributed by atoms with van der Waals surface area (Å²) in [5, 5.41) is 4.20. The summed E-state index contributed by atoms with van der Waals surface area (Å²) in [5.74, 6) is 0.949. The van der Waals surface area contributed by atoms with Crippen molar-refractivity contribution in [3.05, 3.63) is 54.0 Å². The number of hydrogen-bond donors (Lipinski definition) is 1. The van der Waals surface area contributed by atoms with Gasteiger partial charge in [-0.3, -0.25) is 0 Å². The Balaban J connectivity index is 1.71. The van der Waals surface area contributed by atoms with E-state index in [1.807, 2.05) is 12.1 Å². The highest BCUT2D eigenvalue weighted by molar-refractivity contribution is 7.80. The average Bonchev–Trinajstić information content (AvgIpc) is 3.13. The van der Waals surface area contributed by atoms with E-state index in [2.05, 4.69) is 60.2 Å². The van der Waals surface area contributed by atoms with Gasteiger partial charge in [0, 0.05) is 30.9 Å². The van der Waals surface area contributed by atoms with Crippen molar-refractivity contribution in [1.82, 2.24) is 9.80 Å². The molecule has 1 fully saturated rings. The zero-order valence-corrected chi connectivity index (χ0v) is 16.8. The van der Waals surface area contributed by atoms with Crippen LogP contribution in [0.4, 0.5) is 5.69 Å². The molecule has 0 spiro atoms. The first-order valence-corrected chi connectivity index (χ1v) is 9.84. The van der Waals surface area contributed by atoms with E-state index in [1.54, 1.807) is 6.26 Å². The first kappa shape index (κ1) is 18.9. The Morgan fingerprint density at radius 3 is 2.65 bits per heavy atom. The number of likely N-dealkylation sites (tertiary alicyclic amines) is 1. The normalized spacial score (nSPS) is 16.0. The van der Waals surface area contributed by atoms with Gasteiger partial charge in [0.25, 0.3) is 0 Å². The van der Waals surface area contributed by atoms with Crippen molar-refractivity contribution < 1.29 is 4.42 Å². The molecule has 0 unspecified atom stereocenters. The maximum atomic E-state index is 5.80. The first-order valence-electron chi connectivity index (χ1n) is 9.43. The minimum Gasteiger partial charge on any atom is -0.467 e. The van der Waals surface area contributed by atoms with Crippen LogP contribution in [0.2, 0.25) is 0 Å². The Morgan fingerprint density at radius 1 is 1.27 bits per heavy atom. The van der Waals surface area contributed by atoms with Crippen LogP contribution in [0.5, 0.6) is 0 Å². The van der Waals surface area contributed by atoms with Crippen LogP contribution in [0.15, 0.2) is 47.1 Å². The predicted molar refractivity (Wildman–Crippen MR) is 111 cm³/mol. The summed E-state index contributed by atoms with van der Waals surface area (Å²) in [6.07, 6.45) is 3.97. The van der Waals surface area contributed by atoms with E-state index in [0.717, 1.165) is 42.5 Å². The molecule has 1 aromatic heterocycles. The fourth-order valence-electron chi connectivity index (χ4n) is 3.57. The van der Waals surface area contributed by atoms with Crippen molar-refractivity contribution in [3.8, 4) is 0 Å². The summed E-state index contributed by atoms with van der Waals surface area (Å²) in [6, 6.07) is 13.3. The third kappa shape index (κ3) is 4.86. The number of benzene rings is 1. The van der Waals surface area contributed by atoms with E-state index >= 15 is 0 Å². The van der Waals surface area contributed by atoms with Gasteiger partial charge >= 0.3 is 0 Å². The largest absolute Gasteiger partial charge is 0.467 e. The van der Waals surface area contributed by atoms with Gasteiger partial charge in [-0.15, -0.1) is 0 Å². The van der Waals surface area contributed by atoms with Gasteiger partial charge in [-0.05, 0) is 75.7 Å². The molecule has 1 saturated heterocycles. The lowest BCUT2D eigenvalue weighted by atomic mass is 10.0. The summed E-state index contributed by atoms with van der Waals surface area (Å²) >= 11 is 5.80. The van der Waals surface area contributed by atoms with Crippen molar-refractivity contribution >= 4 is 23.0 Å². The molecule has 0 aliphatic carbocycles. The van der Waals surface area contributed by atoms with Crippen LogP contribution < -0.4 is 5.32 Å². The van der Waals surface area contributed by atoms with Crippen molar-refractivity contribution in [2.45, 2.75) is 52.2 Å². The summed E-state index contributed by atoms with van der Waals surface area (Å²) < 4.78 is 5.59. The molecule has 5 heteroatoms. The molecule has 2 aromatic rings. The third-order valence-corrected chi connectivity index (χ3v) is 5.44. The van der Waals surface area contributed by atoms with Crippen LogP contribution in [0.3, 0.4) is 0 Å². The van der Waals surface area contributed by atoms with Crippen molar-refractivity contribution in [1.29, 1.82) is 0 Å². The number of hydrogen-bond acceptors (Lipinski definition) is 3. The summed E-state index contributed by atoms with van der Waals surface area (Å²) in [7, 11) is 0. The quantitative estimate of drug-likeness (QED) is 0.773. The molecule has 0 amide bonds. The van der Waals surface area contributed by atoms with Crippen LogP contribution >= 0.6 is 12.2 Å². The van der Waals surface area contributed by atoms with Crippen LogP contribution in [0.25, 0.3) is 0 Å². The van der Waals surface area contributed by atoms with Crippen LogP contribution in [0.1, 0.15) is 38.0 Å². The molecule has 2 heterocycles. The van der Waals surface area contributed by atoms with Gasteiger partial charge in [-0.25, -0.2) is 0 Å². The molecular formula is C21H29N3OS. The molecule has 1 N–H and O–H groups in total. The average molecular weight is 372 g/mol. The molecule has 1 aliphatic rings. The number of piperidine rings is 1. The fourth-order valence-corrected chi connectivity index (χ4v) is 3.90. The third-order valence-electron chi connectivity index (χ3n) is 5.11. The van der Waals surface area contributed by atoms with E-state index in [0.29, 0.717) is 18.6 Å². The first-order chi connectivity index (χ1) is 12.5. The number of nitrogens with one attached hydrogen (secondary N) is 1. The highest BCUT2D eigenvalue weighted by Crippen LogP contribution is 2.22. The predicted octanol–water partition coefficient (Wildman–Crippen LogP) is 4.66. The number of anilines is 1. The SMILES string of the molecule is Cc1cccc(NC(=S)N(Cc2ccco2)C2CCN(C(C)C)CC2)c1. The van der Waals surface area contributed by atoms with E-state index < -0.39 is 0 Å². The maximum absolute atomic E-state index is 5.80. The lowest BCUT2D eigenvalue weighted by molar-refractivity contribution is 0.123. The monoisotopic (exact) mass is 371 g/mol. The van der Waals surface area contributed by atoms with E-state index in [4.69, 9.17) is 16.6 Å². The van der Waals surface area contributed by atoms with E-state index in [9.17, 15) is 0 Å². The Kier molecular flexibility index (Phi) is 6.33. The molecule has 0 saturated carbocycles. The Bertz CT molecular complexity index is 706. The highest BCUT2D eigenvalue weighted by Gasteiger charge is 2.28. The Labute approximate surface area is 162 Å². The van der Waals surface area contributed by atoms with Gasteiger partial charge in [-0.1, -0.05) is 12.1 Å². The molecular weight excluding hydrogens is 342 g/mol. The lowest BCUT2D eigenvalue weighted by Gasteiger charge is -2.40. The van der Waals surface area contributed by atoms with Crippen molar-refractivity contribution in [3.63, 3.8) is 0 Å². The molecule has 3 rings (SSSR count). The topological polar surface area (TPSA) is 31.6 Å². The standard InChI is InChI=1S/C21H29N3OS/c1-16(2)23-11-9-19(10-12-23)24(15-20-8-5-13-25-20)21(26)22-18-7-4-6-17(3)14-18/h4-8,13-14,16,19H,9-12,15H2,1-3H3,(H,22,26). The molecule has 26 heavy (non-hydrogen) atoms. The second-order valence-corrected chi connectivity index (χ2v) is 7.75. The van der Waals surface area contributed by atoms with Gasteiger partial charge in [0.05, 0.1) is 12.8 Å². The molecule has 140 valence electrons. The van der Waals surface area contributed by atoms with Crippen molar-refractivity contribution in [2.24, 2.45) is 0 Å². The van der Waals surface area contributed by atoms with Crippen LogP contribution in [0, 0.1) is 6.92 Å². The number of aryl methyl sites for hydroxylation is 1. The lowest BCUT2D eigenvalue weighted by Crippen LogP contribution is -2.49. The van der Waals surface area contributed by atoms with E-state index in [1.165, 1.54) is 5.56 Å². The second kappa shape index (κ2) is 8.69. The molecule has 0 atom stereocenters. The summed E-state index contributed by atoms with van der Waals surface area (Å²) in [6.45, 7) is 9.57. The Morgan fingerprint density at radius 2 is 2.04 bits per heavy atom. The van der Waals surface area contributed by atoms with Gasteiger partial charge < -0.3 is 19.5 Å². The van der Waals surface area contributed by atoms with E-state index in [-0.39, 0.29) is 0 Å². The minimum atomic E-state index is 0.430. The van der Waals surface area contributed by atoms with Gasteiger partial charge in [0.1, 0.15) is 5.76 Å².